The number of hydrogen-bond donors (Lipinski definition) is 1. The molecule has 21 heavy (non-hydrogen) atoms. The van der Waals surface area contributed by atoms with Gasteiger partial charge in [-0.15, -0.1) is 0 Å². The summed E-state index contributed by atoms with van der Waals surface area (Å²) in [5, 5.41) is 0. The van der Waals surface area contributed by atoms with Crippen molar-refractivity contribution in [3.8, 4) is 5.75 Å². The topological polar surface area (TPSA) is 44.5 Å². The zero-order valence-electron chi connectivity index (χ0n) is 12.5. The second kappa shape index (κ2) is 8.45. The molecule has 0 heterocycles. The van der Waals surface area contributed by atoms with Crippen LogP contribution in [0.25, 0.3) is 0 Å². The van der Waals surface area contributed by atoms with Crippen molar-refractivity contribution in [2.75, 3.05) is 13.7 Å². The molecule has 112 valence electrons. The predicted octanol–water partition coefficient (Wildman–Crippen LogP) is 3.30. The highest BCUT2D eigenvalue weighted by molar-refractivity contribution is 5.36. The first kappa shape index (κ1) is 15.5. The van der Waals surface area contributed by atoms with Gasteiger partial charge >= 0.3 is 0 Å². The Balaban J connectivity index is 1.73. The van der Waals surface area contributed by atoms with Crippen LogP contribution in [-0.4, -0.2) is 13.7 Å². The van der Waals surface area contributed by atoms with Crippen LogP contribution < -0.4 is 10.5 Å². The van der Waals surface area contributed by atoms with Crippen LogP contribution in [0.1, 0.15) is 23.1 Å². The Morgan fingerprint density at radius 1 is 1.00 bits per heavy atom. The Bertz CT molecular complexity index is 540. The van der Waals surface area contributed by atoms with Gasteiger partial charge in [0.1, 0.15) is 5.75 Å². The number of hydrogen-bond acceptors (Lipinski definition) is 3. The van der Waals surface area contributed by atoms with E-state index < -0.39 is 0 Å². The third-order valence-corrected chi connectivity index (χ3v) is 3.43. The van der Waals surface area contributed by atoms with Gasteiger partial charge in [0.25, 0.3) is 0 Å². The minimum absolute atomic E-state index is 0.477. The Morgan fingerprint density at radius 2 is 1.81 bits per heavy atom. The second-order valence-electron chi connectivity index (χ2n) is 4.99. The highest BCUT2D eigenvalue weighted by Crippen LogP contribution is 2.19. The van der Waals surface area contributed by atoms with Crippen LogP contribution in [0.2, 0.25) is 0 Å². The average molecular weight is 285 g/mol. The minimum Gasteiger partial charge on any atom is -0.496 e. The molecule has 0 atom stereocenters. The van der Waals surface area contributed by atoms with E-state index in [9.17, 15) is 0 Å². The molecule has 0 unspecified atom stereocenters. The van der Waals surface area contributed by atoms with Gasteiger partial charge in [-0.2, -0.15) is 0 Å². The average Bonchev–Trinajstić information content (AvgIpc) is 2.55. The first-order valence-electron chi connectivity index (χ1n) is 7.31. The van der Waals surface area contributed by atoms with Crippen molar-refractivity contribution in [2.45, 2.75) is 26.0 Å². The summed E-state index contributed by atoms with van der Waals surface area (Å²) in [6.07, 6.45) is 2.08. The van der Waals surface area contributed by atoms with Crippen molar-refractivity contribution < 1.29 is 9.47 Å². The van der Waals surface area contributed by atoms with Gasteiger partial charge in [0, 0.05) is 18.7 Å². The first-order valence-corrected chi connectivity index (χ1v) is 7.31. The molecule has 0 saturated heterocycles. The molecule has 0 saturated carbocycles. The normalized spacial score (nSPS) is 10.6. The third kappa shape index (κ3) is 4.88. The maximum Gasteiger partial charge on any atom is 0.123 e. The first-order chi connectivity index (χ1) is 10.3. The SMILES string of the molecule is COc1ccc(COCCCc2ccccc2)cc1CN. The van der Waals surface area contributed by atoms with Gasteiger partial charge in [-0.1, -0.05) is 36.4 Å². The number of rotatable bonds is 8. The molecule has 0 aliphatic rings. The summed E-state index contributed by atoms with van der Waals surface area (Å²) in [5.41, 5.74) is 9.22. The molecule has 0 aliphatic heterocycles. The van der Waals surface area contributed by atoms with Crippen molar-refractivity contribution in [1.82, 2.24) is 0 Å². The van der Waals surface area contributed by atoms with Gasteiger partial charge in [-0.25, -0.2) is 0 Å². The van der Waals surface area contributed by atoms with Gasteiger partial charge in [0.05, 0.1) is 13.7 Å². The van der Waals surface area contributed by atoms with E-state index >= 15 is 0 Å². The fourth-order valence-electron chi connectivity index (χ4n) is 2.29. The Labute approximate surface area is 126 Å². The van der Waals surface area contributed by atoms with Crippen LogP contribution in [0.3, 0.4) is 0 Å². The minimum atomic E-state index is 0.477. The fourth-order valence-corrected chi connectivity index (χ4v) is 2.29. The molecule has 2 rings (SSSR count). The summed E-state index contributed by atoms with van der Waals surface area (Å²) in [4.78, 5) is 0. The molecule has 0 amide bonds. The molecule has 3 heteroatoms. The molecule has 3 nitrogen and oxygen atoms in total. The molecular formula is C18H23NO2. The Hall–Kier alpha value is -1.84. The smallest absolute Gasteiger partial charge is 0.123 e. The van der Waals surface area contributed by atoms with Crippen molar-refractivity contribution >= 4 is 0 Å². The lowest BCUT2D eigenvalue weighted by Gasteiger charge is -2.10. The van der Waals surface area contributed by atoms with Gasteiger partial charge in [-0.3, -0.25) is 0 Å². The Morgan fingerprint density at radius 3 is 2.52 bits per heavy atom. The highest BCUT2D eigenvalue weighted by Gasteiger charge is 2.03. The summed E-state index contributed by atoms with van der Waals surface area (Å²) >= 11 is 0. The molecule has 2 aromatic carbocycles. The summed E-state index contributed by atoms with van der Waals surface area (Å²) in [5.74, 6) is 0.838. The highest BCUT2D eigenvalue weighted by atomic mass is 16.5. The van der Waals surface area contributed by atoms with Gasteiger partial charge in [0.2, 0.25) is 0 Å². The maximum atomic E-state index is 5.73. The van der Waals surface area contributed by atoms with Gasteiger partial charge < -0.3 is 15.2 Å². The molecule has 0 fully saturated rings. The van der Waals surface area contributed by atoms with Crippen LogP contribution in [0.5, 0.6) is 5.75 Å². The number of benzene rings is 2. The largest absolute Gasteiger partial charge is 0.496 e. The number of nitrogens with two attached hydrogens (primary N) is 1. The number of methoxy groups -OCH3 is 1. The lowest BCUT2D eigenvalue weighted by molar-refractivity contribution is 0.118. The summed E-state index contributed by atoms with van der Waals surface area (Å²) < 4.78 is 11.0. The molecule has 0 radical (unpaired) electrons. The quantitative estimate of drug-likeness (QED) is 0.757. The van der Waals surface area contributed by atoms with E-state index in [1.165, 1.54) is 5.56 Å². The molecule has 2 N–H and O–H groups in total. The van der Waals surface area contributed by atoms with E-state index in [4.69, 9.17) is 15.2 Å². The third-order valence-electron chi connectivity index (χ3n) is 3.43. The van der Waals surface area contributed by atoms with Crippen LogP contribution in [-0.2, 0) is 24.3 Å². The van der Waals surface area contributed by atoms with E-state index in [1.807, 2.05) is 18.2 Å². The summed E-state index contributed by atoms with van der Waals surface area (Å²) in [7, 11) is 1.66. The van der Waals surface area contributed by atoms with Crippen LogP contribution in [0, 0.1) is 0 Å². The van der Waals surface area contributed by atoms with E-state index in [2.05, 4.69) is 30.3 Å². The lowest BCUT2D eigenvalue weighted by atomic mass is 10.1. The number of ether oxygens (including phenoxy) is 2. The molecule has 0 bridgehead atoms. The molecule has 0 aromatic heterocycles. The standard InChI is InChI=1S/C18H23NO2/c1-20-18-10-9-16(12-17(18)13-19)14-21-11-5-8-15-6-3-2-4-7-15/h2-4,6-7,9-10,12H,5,8,11,13-14,19H2,1H3. The summed E-state index contributed by atoms with van der Waals surface area (Å²) in [6, 6.07) is 16.5. The fraction of sp³-hybridized carbons (Fsp3) is 0.333. The molecule has 2 aromatic rings. The van der Waals surface area contributed by atoms with Crippen molar-refractivity contribution in [3.05, 3.63) is 65.2 Å². The van der Waals surface area contributed by atoms with E-state index in [0.29, 0.717) is 13.2 Å². The zero-order chi connectivity index (χ0) is 14.9. The van der Waals surface area contributed by atoms with E-state index in [1.54, 1.807) is 7.11 Å². The van der Waals surface area contributed by atoms with Crippen LogP contribution in [0.4, 0.5) is 0 Å². The van der Waals surface area contributed by atoms with Crippen LogP contribution in [0.15, 0.2) is 48.5 Å². The maximum absolute atomic E-state index is 5.73. The monoisotopic (exact) mass is 285 g/mol. The Kier molecular flexibility index (Phi) is 6.25. The van der Waals surface area contributed by atoms with Gasteiger partial charge in [-0.05, 0) is 36.1 Å². The number of aryl methyl sites for hydroxylation is 1. The molecule has 0 spiro atoms. The van der Waals surface area contributed by atoms with E-state index in [-0.39, 0.29) is 0 Å². The predicted molar refractivity (Wildman–Crippen MR) is 85.3 cm³/mol. The van der Waals surface area contributed by atoms with Crippen LogP contribution >= 0.6 is 0 Å². The van der Waals surface area contributed by atoms with Crippen molar-refractivity contribution in [2.24, 2.45) is 5.73 Å². The van der Waals surface area contributed by atoms with E-state index in [0.717, 1.165) is 36.3 Å². The lowest BCUT2D eigenvalue weighted by Crippen LogP contribution is -2.02. The van der Waals surface area contributed by atoms with Crippen molar-refractivity contribution in [1.29, 1.82) is 0 Å². The molecule has 0 aliphatic carbocycles. The van der Waals surface area contributed by atoms with Crippen molar-refractivity contribution in [3.63, 3.8) is 0 Å². The summed E-state index contributed by atoms with van der Waals surface area (Å²) in [6.45, 7) is 1.86. The van der Waals surface area contributed by atoms with Gasteiger partial charge in [0.15, 0.2) is 0 Å². The molecular weight excluding hydrogens is 262 g/mol. The second-order valence-corrected chi connectivity index (χ2v) is 4.99. The zero-order valence-corrected chi connectivity index (χ0v) is 12.5.